The van der Waals surface area contributed by atoms with Gasteiger partial charge in [-0.05, 0) is 48.9 Å². The summed E-state index contributed by atoms with van der Waals surface area (Å²) in [6.07, 6.45) is 4.94. The van der Waals surface area contributed by atoms with Crippen molar-refractivity contribution < 1.29 is 8.42 Å². The Morgan fingerprint density at radius 1 is 1.04 bits per heavy atom. The van der Waals surface area contributed by atoms with Crippen molar-refractivity contribution in [2.75, 3.05) is 17.4 Å². The Hall–Kier alpha value is -1.92. The highest BCUT2D eigenvalue weighted by Gasteiger charge is 2.35. The number of hydrogen-bond acceptors (Lipinski definition) is 3. The highest BCUT2D eigenvalue weighted by atomic mass is 32.2. The molecule has 2 fully saturated rings. The third kappa shape index (κ3) is 2.91. The Bertz CT molecular complexity index is 819. The van der Waals surface area contributed by atoms with Crippen LogP contribution in [-0.4, -0.2) is 30.8 Å². The van der Waals surface area contributed by atoms with E-state index >= 15 is 0 Å². The molecule has 2 aromatic rings. The van der Waals surface area contributed by atoms with Crippen LogP contribution in [0.5, 0.6) is 0 Å². The van der Waals surface area contributed by atoms with Crippen LogP contribution in [0, 0.1) is 0 Å². The van der Waals surface area contributed by atoms with Crippen LogP contribution in [0.4, 0.5) is 5.69 Å². The molecule has 126 valence electrons. The average molecular weight is 343 g/mol. The molecule has 2 heterocycles. The van der Waals surface area contributed by atoms with Gasteiger partial charge in [0.2, 0.25) is 0 Å². The fourth-order valence-electron chi connectivity index (χ4n) is 3.29. The summed E-state index contributed by atoms with van der Waals surface area (Å²) in [5.41, 5.74) is 2.84. The zero-order chi connectivity index (χ0) is 16.6. The van der Waals surface area contributed by atoms with E-state index in [1.165, 1.54) is 22.7 Å². The van der Waals surface area contributed by atoms with Crippen molar-refractivity contribution in [1.29, 1.82) is 0 Å². The van der Waals surface area contributed by atoms with Crippen molar-refractivity contribution in [1.82, 2.24) is 9.29 Å². The first-order valence-electron chi connectivity index (χ1n) is 8.43. The van der Waals surface area contributed by atoms with Crippen LogP contribution < -0.4 is 4.31 Å². The fourth-order valence-corrected chi connectivity index (χ4v) is 4.97. The molecule has 5 nitrogen and oxygen atoms in total. The maximum Gasteiger partial charge on any atom is 0.304 e. The molecule has 1 aromatic carbocycles. The zero-order valence-electron chi connectivity index (χ0n) is 13.5. The first-order valence-corrected chi connectivity index (χ1v) is 9.82. The molecule has 1 aliphatic carbocycles. The molecule has 1 aliphatic heterocycles. The predicted molar refractivity (Wildman–Crippen MR) is 93.9 cm³/mol. The van der Waals surface area contributed by atoms with Crippen LogP contribution in [0.1, 0.15) is 36.4 Å². The Kier molecular flexibility index (Phi) is 4.02. The largest absolute Gasteiger partial charge is 0.304 e. The van der Waals surface area contributed by atoms with Crippen LogP contribution in [-0.2, 0) is 16.8 Å². The predicted octanol–water partition coefficient (Wildman–Crippen LogP) is 2.92. The Labute approximate surface area is 143 Å². The topological polar surface area (TPSA) is 53.5 Å². The van der Waals surface area contributed by atoms with Crippen molar-refractivity contribution in [3.05, 3.63) is 59.9 Å². The van der Waals surface area contributed by atoms with E-state index < -0.39 is 10.2 Å². The molecule has 0 spiro atoms. The molecule has 0 radical (unpaired) electrons. The maximum absolute atomic E-state index is 13.0. The van der Waals surface area contributed by atoms with Gasteiger partial charge in [0.05, 0.1) is 17.9 Å². The van der Waals surface area contributed by atoms with Gasteiger partial charge in [0.1, 0.15) is 0 Å². The van der Waals surface area contributed by atoms with E-state index in [9.17, 15) is 8.42 Å². The lowest BCUT2D eigenvalue weighted by Crippen LogP contribution is -2.49. The summed E-state index contributed by atoms with van der Waals surface area (Å²) in [4.78, 5) is 4.47. The van der Waals surface area contributed by atoms with Crippen molar-refractivity contribution in [2.24, 2.45) is 0 Å². The standard InChI is InChI=1S/C18H21N3O2S/c22-24(23)20(12-5-13-21(24)16-6-2-1-3-7-16)14-18-17(15-9-10-15)8-4-11-19-18/h1-4,6-8,11,15H,5,9-10,12-14H2. The van der Waals surface area contributed by atoms with Crippen LogP contribution in [0.15, 0.2) is 48.7 Å². The number of benzene rings is 1. The summed E-state index contributed by atoms with van der Waals surface area (Å²) in [6, 6.07) is 13.4. The normalized spacial score (nSPS) is 20.9. The third-order valence-electron chi connectivity index (χ3n) is 4.69. The monoisotopic (exact) mass is 343 g/mol. The van der Waals surface area contributed by atoms with Gasteiger partial charge in [-0.1, -0.05) is 24.3 Å². The molecule has 1 aromatic heterocycles. The number of pyridine rings is 1. The SMILES string of the molecule is O=S1(=O)N(Cc2ncccc2C2CC2)CCCN1c1ccccc1. The molecule has 0 bridgehead atoms. The lowest BCUT2D eigenvalue weighted by Gasteiger charge is -2.36. The number of para-hydroxylation sites is 1. The minimum atomic E-state index is -3.51. The number of hydrogen-bond donors (Lipinski definition) is 0. The second-order valence-corrected chi connectivity index (χ2v) is 8.27. The molecule has 1 saturated carbocycles. The van der Waals surface area contributed by atoms with E-state index in [0.717, 1.165) is 17.8 Å². The Morgan fingerprint density at radius 3 is 2.58 bits per heavy atom. The number of anilines is 1. The van der Waals surface area contributed by atoms with Gasteiger partial charge in [-0.3, -0.25) is 9.29 Å². The quantitative estimate of drug-likeness (QED) is 0.858. The van der Waals surface area contributed by atoms with Gasteiger partial charge < -0.3 is 0 Å². The van der Waals surface area contributed by atoms with Gasteiger partial charge in [0.15, 0.2) is 0 Å². The smallest absolute Gasteiger partial charge is 0.260 e. The van der Waals surface area contributed by atoms with Gasteiger partial charge in [0, 0.05) is 19.3 Å². The minimum absolute atomic E-state index is 0.359. The first-order chi connectivity index (χ1) is 11.7. The molecule has 1 saturated heterocycles. The van der Waals surface area contributed by atoms with Gasteiger partial charge in [0.25, 0.3) is 0 Å². The fraction of sp³-hybridized carbons (Fsp3) is 0.389. The van der Waals surface area contributed by atoms with Crippen molar-refractivity contribution in [2.45, 2.75) is 31.7 Å². The zero-order valence-corrected chi connectivity index (χ0v) is 14.3. The molecule has 6 heteroatoms. The van der Waals surface area contributed by atoms with E-state index in [-0.39, 0.29) is 0 Å². The number of rotatable bonds is 4. The lowest BCUT2D eigenvalue weighted by atomic mass is 10.1. The summed E-state index contributed by atoms with van der Waals surface area (Å²) in [5.74, 6) is 0.562. The van der Waals surface area contributed by atoms with Crippen LogP contribution in [0.3, 0.4) is 0 Å². The van der Waals surface area contributed by atoms with E-state index in [0.29, 0.717) is 25.6 Å². The van der Waals surface area contributed by atoms with Gasteiger partial charge >= 0.3 is 10.2 Å². The highest BCUT2D eigenvalue weighted by Crippen LogP contribution is 2.41. The summed E-state index contributed by atoms with van der Waals surface area (Å²) >= 11 is 0. The van der Waals surface area contributed by atoms with E-state index in [2.05, 4.69) is 11.1 Å². The van der Waals surface area contributed by atoms with Crippen molar-refractivity contribution in [3.63, 3.8) is 0 Å². The summed E-state index contributed by atoms with van der Waals surface area (Å²) < 4.78 is 29.2. The molecule has 24 heavy (non-hydrogen) atoms. The van der Waals surface area contributed by atoms with Gasteiger partial charge in [-0.25, -0.2) is 0 Å². The lowest BCUT2D eigenvalue weighted by molar-refractivity contribution is 0.376. The first kappa shape index (κ1) is 15.6. The summed E-state index contributed by atoms with van der Waals surface area (Å²) in [7, 11) is -3.51. The number of nitrogens with zero attached hydrogens (tertiary/aromatic N) is 3. The molecule has 0 unspecified atom stereocenters. The molecular weight excluding hydrogens is 322 g/mol. The van der Waals surface area contributed by atoms with Crippen molar-refractivity contribution >= 4 is 15.9 Å². The summed E-state index contributed by atoms with van der Waals surface area (Å²) in [5, 5.41) is 0. The molecule has 2 aliphatic rings. The molecule has 0 atom stereocenters. The van der Waals surface area contributed by atoms with Crippen LogP contribution in [0.2, 0.25) is 0 Å². The summed E-state index contributed by atoms with van der Waals surface area (Å²) in [6.45, 7) is 1.44. The molecule has 0 N–H and O–H groups in total. The minimum Gasteiger partial charge on any atom is -0.260 e. The van der Waals surface area contributed by atoms with E-state index in [1.807, 2.05) is 36.4 Å². The van der Waals surface area contributed by atoms with E-state index in [4.69, 9.17) is 0 Å². The van der Waals surface area contributed by atoms with Crippen molar-refractivity contribution in [3.8, 4) is 0 Å². The van der Waals surface area contributed by atoms with E-state index in [1.54, 1.807) is 10.5 Å². The van der Waals surface area contributed by atoms with Crippen LogP contribution >= 0.6 is 0 Å². The maximum atomic E-state index is 13.0. The third-order valence-corrected chi connectivity index (χ3v) is 6.60. The Balaban J connectivity index is 1.62. The highest BCUT2D eigenvalue weighted by molar-refractivity contribution is 7.90. The second kappa shape index (κ2) is 6.18. The van der Waals surface area contributed by atoms with Gasteiger partial charge in [-0.15, -0.1) is 0 Å². The molecule has 4 rings (SSSR count). The molecular formula is C18H21N3O2S. The number of aromatic nitrogens is 1. The molecule has 0 amide bonds. The second-order valence-electron chi connectivity index (χ2n) is 6.42. The van der Waals surface area contributed by atoms with Gasteiger partial charge in [-0.2, -0.15) is 12.7 Å². The Morgan fingerprint density at radius 2 is 1.83 bits per heavy atom. The average Bonchev–Trinajstić information content (AvgIpc) is 3.43. The van der Waals surface area contributed by atoms with Crippen LogP contribution in [0.25, 0.3) is 0 Å².